The second-order valence-electron chi connectivity index (χ2n) is 22.1. The number of hydrogen-bond donors (Lipinski definition) is 3. The molecule has 496 valence electrons. The van der Waals surface area contributed by atoms with Crippen molar-refractivity contribution in [2.24, 2.45) is 17.6 Å². The van der Waals surface area contributed by atoms with Crippen molar-refractivity contribution < 1.29 is 62.8 Å². The van der Waals surface area contributed by atoms with Gasteiger partial charge in [-0.1, -0.05) is 52.0 Å². The van der Waals surface area contributed by atoms with E-state index in [-0.39, 0.29) is 101 Å². The van der Waals surface area contributed by atoms with Crippen LogP contribution in [0.1, 0.15) is 121 Å². The van der Waals surface area contributed by atoms with Crippen LogP contribution in [-0.2, 0) is 39.2 Å². The van der Waals surface area contributed by atoms with Crippen molar-refractivity contribution in [1.82, 2.24) is 59.5 Å². The number of pyridine rings is 5. The average Bonchev–Trinajstić information content (AvgIpc) is 2.43. The zero-order chi connectivity index (χ0) is 67.2. The molecule has 4 N–H and O–H groups in total. The number of hydrogen-bond acceptors (Lipinski definition) is 18. The highest BCUT2D eigenvalue weighted by Gasteiger charge is 2.40. The minimum Gasteiger partial charge on any atom is -0.447 e. The van der Waals surface area contributed by atoms with Gasteiger partial charge < -0.3 is 20.5 Å². The Labute approximate surface area is 538 Å². The molecule has 2 amide bonds. The second-order valence-corrected chi connectivity index (χ2v) is 24.4. The predicted octanol–water partition coefficient (Wildman–Crippen LogP) is 13.5. The lowest BCUT2D eigenvalue weighted by Crippen LogP contribution is -2.38. The molecule has 7 aromatic rings. The Morgan fingerprint density at radius 2 is 1.09 bits per heavy atom. The SMILES string of the molecule is CC(C)[C@H]1COC(=O)N1c1ncnc(Cl)n1.CC(C)[C@H]1COC(=O)N1c1ncnc(N[C@@H](C)c2ccc(-c3ccnc(C(F)(F)F)c3)cn2)n1.C[C@H](N)c1ccc(-c2ccnc(C(F)(F)F)c2)cn1.C[C@H](NS(=O)C(C)(C)C)c1ccc(C/C=C/C(F)(F)F)cn1.Cl. The lowest BCUT2D eigenvalue weighted by atomic mass is 10.1. The lowest BCUT2D eigenvalue weighted by Gasteiger charge is -2.22. The molecule has 21 nitrogen and oxygen atoms in total. The standard InChI is InChI=1S/C22H22F3N7O2.C15H21F3N2OS.C13H12F3N3.C9H11ClN4O2.ClH/c1-12(2)17-10-34-21(33)32(17)20-29-11-28-19(31-20)30-13(3)16-5-4-15(9-27-16)14-6-7-26-18(8-14)22(23,24)25;1-11(20-22(21)14(2,3)4)13-8-7-12(10-19-13)6-5-9-15(16,17)18;1-8(17)11-3-2-10(7-19-11)9-4-5-18-12(6-9)13(14,15)16;1-5(2)6-3-16-9(15)14(6)8-12-4-11-7(10)13-8;/h4-9,11-13,17H,10H2,1-3H3,(H,28,29,30,31);5,7-11,20H,6H2,1-4H3;2-8H,17H2,1H3;4-6H,3H2,1-2H3;1H/b;9-5+;;;/t13-,17+;11-,22?;8-;6-;/m0001./s1. The monoisotopic (exact) mass is 1350 g/mol. The molecule has 2 aliphatic heterocycles. The molecule has 0 aromatic carbocycles. The molecule has 92 heavy (non-hydrogen) atoms. The molecule has 9 heterocycles. The highest BCUT2D eigenvalue weighted by molar-refractivity contribution is 7.84. The van der Waals surface area contributed by atoms with E-state index in [0.29, 0.717) is 51.5 Å². The number of carbonyl (C=O) groups excluding carboxylic acids is 2. The quantitative estimate of drug-likeness (QED) is 0.0636. The molecular weight excluding hydrogens is 1290 g/mol. The van der Waals surface area contributed by atoms with Crippen LogP contribution in [0, 0.1) is 11.8 Å². The number of nitrogens with two attached hydrogens (primary N) is 1. The van der Waals surface area contributed by atoms with Crippen LogP contribution >= 0.6 is 24.0 Å². The van der Waals surface area contributed by atoms with Gasteiger partial charge in [0.2, 0.25) is 23.1 Å². The summed E-state index contributed by atoms with van der Waals surface area (Å²) >= 11 is 5.66. The van der Waals surface area contributed by atoms with Crippen molar-refractivity contribution in [3.05, 3.63) is 156 Å². The molecule has 2 saturated heterocycles. The van der Waals surface area contributed by atoms with Gasteiger partial charge >= 0.3 is 30.7 Å². The third kappa shape index (κ3) is 21.8. The third-order valence-electron chi connectivity index (χ3n) is 13.3. The topological polar surface area (TPSA) is 268 Å². The summed E-state index contributed by atoms with van der Waals surface area (Å²) in [5.74, 6) is 1.07. The number of anilines is 3. The molecular formula is C59H67Cl2F9N16O5S. The fourth-order valence-corrected chi connectivity index (χ4v) is 9.10. The summed E-state index contributed by atoms with van der Waals surface area (Å²) in [6.07, 6.45) is -3.39. The van der Waals surface area contributed by atoms with Crippen molar-refractivity contribution in [2.75, 3.05) is 28.3 Å². The number of cyclic esters (lactones) is 2. The van der Waals surface area contributed by atoms with Gasteiger partial charge in [0.25, 0.3) is 0 Å². The smallest absolute Gasteiger partial charge is 0.433 e. The number of allylic oxidation sites excluding steroid dienone is 2. The van der Waals surface area contributed by atoms with Crippen LogP contribution in [0.15, 0.2) is 116 Å². The lowest BCUT2D eigenvalue weighted by molar-refractivity contribution is -0.141. The van der Waals surface area contributed by atoms with Gasteiger partial charge in [-0.15, -0.1) is 12.4 Å². The Balaban J connectivity index is 0.000000232. The largest absolute Gasteiger partial charge is 0.447 e. The molecule has 6 atom stereocenters. The number of amides is 2. The summed E-state index contributed by atoms with van der Waals surface area (Å²) < 4.78 is 137. The maximum absolute atomic E-state index is 12.9. The van der Waals surface area contributed by atoms with Gasteiger partial charge in [-0.25, -0.2) is 48.3 Å². The predicted molar refractivity (Wildman–Crippen MR) is 329 cm³/mol. The molecule has 0 spiro atoms. The van der Waals surface area contributed by atoms with Crippen LogP contribution in [-0.4, -0.2) is 107 Å². The van der Waals surface area contributed by atoms with Crippen molar-refractivity contribution in [3.8, 4) is 22.3 Å². The molecule has 2 fully saturated rings. The van der Waals surface area contributed by atoms with Crippen molar-refractivity contribution in [1.29, 1.82) is 0 Å². The fourth-order valence-electron chi connectivity index (χ4n) is 8.19. The zero-order valence-corrected chi connectivity index (χ0v) is 53.5. The molecule has 7 aromatic heterocycles. The van der Waals surface area contributed by atoms with E-state index in [1.165, 1.54) is 53.2 Å². The van der Waals surface area contributed by atoms with Crippen LogP contribution in [0.3, 0.4) is 0 Å². The van der Waals surface area contributed by atoms with E-state index < -0.39 is 53.1 Å². The Morgan fingerprint density at radius 1 is 0.620 bits per heavy atom. The van der Waals surface area contributed by atoms with Crippen LogP contribution < -0.4 is 25.6 Å². The molecule has 0 saturated carbocycles. The molecule has 33 heteroatoms. The van der Waals surface area contributed by atoms with E-state index in [0.717, 1.165) is 30.6 Å². The first kappa shape index (κ1) is 74.6. The number of nitrogens with one attached hydrogen (secondary N) is 2. The van der Waals surface area contributed by atoms with Crippen molar-refractivity contribution in [2.45, 2.75) is 129 Å². The number of halogens is 11. The highest BCUT2D eigenvalue weighted by atomic mass is 35.5. The fraction of sp³-hybridized carbons (Fsp3) is 0.407. The summed E-state index contributed by atoms with van der Waals surface area (Å²) in [7, 11) is -1.21. The van der Waals surface area contributed by atoms with Crippen molar-refractivity contribution in [3.63, 3.8) is 0 Å². The van der Waals surface area contributed by atoms with Crippen molar-refractivity contribution >= 4 is 65.0 Å². The van der Waals surface area contributed by atoms with Gasteiger partial charge in [-0.05, 0) is 131 Å². The zero-order valence-electron chi connectivity index (χ0n) is 51.2. The van der Waals surface area contributed by atoms with E-state index in [1.54, 1.807) is 43.3 Å². The maximum Gasteiger partial charge on any atom is 0.433 e. The Bertz CT molecular complexity index is 3590. The van der Waals surface area contributed by atoms with E-state index >= 15 is 0 Å². The summed E-state index contributed by atoms with van der Waals surface area (Å²) in [5.41, 5.74) is 8.39. The molecule has 0 bridgehead atoms. The van der Waals surface area contributed by atoms with E-state index in [1.807, 2.05) is 62.3 Å². The second kappa shape index (κ2) is 32.4. The van der Waals surface area contributed by atoms with Crippen LogP contribution in [0.25, 0.3) is 22.3 Å². The van der Waals surface area contributed by atoms with Crippen LogP contribution in [0.2, 0.25) is 5.28 Å². The Morgan fingerprint density at radius 3 is 1.51 bits per heavy atom. The van der Waals surface area contributed by atoms with E-state index in [9.17, 15) is 53.3 Å². The summed E-state index contributed by atoms with van der Waals surface area (Å²) in [6, 6.07) is 14.2. The molecule has 0 radical (unpaired) electrons. The van der Waals surface area contributed by atoms with Gasteiger partial charge in [0.15, 0.2) is 0 Å². The highest BCUT2D eigenvalue weighted by Crippen LogP contribution is 2.33. The molecule has 1 unspecified atom stereocenters. The number of nitrogens with zero attached hydrogens (tertiary/aromatic N) is 13. The first-order valence-electron chi connectivity index (χ1n) is 27.9. The first-order valence-corrected chi connectivity index (χ1v) is 29.5. The minimum atomic E-state index is -4.52. The van der Waals surface area contributed by atoms with E-state index in [4.69, 9.17) is 26.8 Å². The van der Waals surface area contributed by atoms with Crippen LogP contribution in [0.5, 0.6) is 0 Å². The number of carbonyl (C=O) groups is 2. The third-order valence-corrected chi connectivity index (χ3v) is 15.1. The normalized spacial score (nSPS) is 16.4. The number of aromatic nitrogens is 11. The summed E-state index contributed by atoms with van der Waals surface area (Å²) in [4.78, 5) is 70.1. The Kier molecular flexibility index (Phi) is 26.3. The van der Waals surface area contributed by atoms with Gasteiger partial charge in [0, 0.05) is 54.2 Å². The Hall–Kier alpha value is -8.13. The summed E-state index contributed by atoms with van der Waals surface area (Å²) in [6.45, 7) is 19.6. The van der Waals surface area contributed by atoms with Gasteiger partial charge in [0.05, 0.1) is 57.0 Å². The number of ether oxygens (including phenoxy) is 2. The first-order chi connectivity index (χ1) is 42.6. The van der Waals surface area contributed by atoms with Gasteiger partial charge in [-0.2, -0.15) is 49.5 Å². The van der Waals surface area contributed by atoms with Gasteiger partial charge in [0.1, 0.15) is 37.3 Å². The van der Waals surface area contributed by atoms with Gasteiger partial charge in [-0.3, -0.25) is 24.9 Å². The summed E-state index contributed by atoms with van der Waals surface area (Å²) in [5, 5.41) is 3.17. The molecule has 0 aliphatic carbocycles. The molecule has 9 rings (SSSR count). The minimum absolute atomic E-state index is 0. The average molecular weight is 1350 g/mol. The number of rotatable bonds is 15. The maximum atomic E-state index is 12.9. The van der Waals surface area contributed by atoms with E-state index in [2.05, 4.69) is 64.9 Å². The number of alkyl halides is 9. The molecule has 2 aliphatic rings. The van der Waals surface area contributed by atoms with Crippen LogP contribution in [0.4, 0.5) is 66.9 Å².